The van der Waals surface area contributed by atoms with Crippen molar-refractivity contribution in [3.63, 3.8) is 0 Å². The molecule has 0 aliphatic rings. The zero-order chi connectivity index (χ0) is 22.6. The molecule has 31 heavy (non-hydrogen) atoms. The summed E-state index contributed by atoms with van der Waals surface area (Å²) >= 11 is 0. The van der Waals surface area contributed by atoms with Crippen LogP contribution < -0.4 is 9.04 Å². The summed E-state index contributed by atoms with van der Waals surface area (Å²) in [7, 11) is -1.25. The molecule has 0 fully saturated rings. The van der Waals surface area contributed by atoms with Crippen LogP contribution in [-0.2, 0) is 21.3 Å². The highest BCUT2D eigenvalue weighted by Gasteiger charge is 2.30. The number of carbonyl (C=O) groups excluding carboxylic acids is 1. The number of hydrogen-bond donors (Lipinski definition) is 0. The van der Waals surface area contributed by atoms with Crippen molar-refractivity contribution in [1.29, 1.82) is 0 Å². The van der Waals surface area contributed by atoms with Gasteiger partial charge in [0.2, 0.25) is 0 Å². The van der Waals surface area contributed by atoms with Gasteiger partial charge in [-0.05, 0) is 66.9 Å². The van der Waals surface area contributed by atoms with Gasteiger partial charge in [0, 0.05) is 12.4 Å². The molecule has 1 heterocycles. The van der Waals surface area contributed by atoms with E-state index in [0.29, 0.717) is 16.9 Å². The third kappa shape index (κ3) is 4.69. The number of hydrogen-bond acceptors (Lipinski definition) is 6. The standard InChI is InChI=1S/C23H24N2O5S/c1-16-12-17(2)22(21(13-16)23(26)30-4)25(15-18-6-5-11-24-14-18)31(27,28)20-9-7-19(29-3)8-10-20/h5-14H,15H2,1-4H3. The van der Waals surface area contributed by atoms with Crippen molar-refractivity contribution in [2.75, 3.05) is 18.5 Å². The largest absolute Gasteiger partial charge is 0.497 e. The van der Waals surface area contributed by atoms with Crippen LogP contribution in [0.25, 0.3) is 0 Å². The highest BCUT2D eigenvalue weighted by molar-refractivity contribution is 7.92. The highest BCUT2D eigenvalue weighted by Crippen LogP contribution is 2.34. The third-order valence-corrected chi connectivity index (χ3v) is 6.56. The maximum Gasteiger partial charge on any atom is 0.340 e. The number of esters is 1. The molecule has 0 saturated heterocycles. The van der Waals surface area contributed by atoms with Crippen LogP contribution in [-0.4, -0.2) is 33.6 Å². The Bertz CT molecular complexity index is 1180. The Morgan fingerprint density at radius 1 is 1.06 bits per heavy atom. The van der Waals surface area contributed by atoms with Crippen molar-refractivity contribution < 1.29 is 22.7 Å². The average molecular weight is 441 g/mol. The van der Waals surface area contributed by atoms with Gasteiger partial charge >= 0.3 is 5.97 Å². The fourth-order valence-electron chi connectivity index (χ4n) is 3.37. The van der Waals surface area contributed by atoms with Crippen LogP contribution in [0.5, 0.6) is 5.75 Å². The predicted molar refractivity (Wildman–Crippen MR) is 118 cm³/mol. The van der Waals surface area contributed by atoms with Crippen molar-refractivity contribution in [2.45, 2.75) is 25.3 Å². The summed E-state index contributed by atoms with van der Waals surface area (Å²) in [6, 6.07) is 13.1. The van der Waals surface area contributed by atoms with E-state index in [2.05, 4.69) is 4.98 Å². The Morgan fingerprint density at radius 2 is 1.77 bits per heavy atom. The number of nitrogens with zero attached hydrogens (tertiary/aromatic N) is 2. The van der Waals surface area contributed by atoms with Crippen LogP contribution in [0.4, 0.5) is 5.69 Å². The maximum absolute atomic E-state index is 13.7. The van der Waals surface area contributed by atoms with Gasteiger partial charge in [0.15, 0.2) is 0 Å². The lowest BCUT2D eigenvalue weighted by molar-refractivity contribution is 0.0601. The topological polar surface area (TPSA) is 85.8 Å². The molecule has 0 aliphatic carbocycles. The number of rotatable bonds is 7. The smallest absolute Gasteiger partial charge is 0.340 e. The molecule has 0 spiro atoms. The van der Waals surface area contributed by atoms with E-state index >= 15 is 0 Å². The molecule has 1 aromatic heterocycles. The predicted octanol–water partition coefficient (Wildman–Crippen LogP) is 3.89. The second-order valence-corrected chi connectivity index (χ2v) is 8.88. The maximum atomic E-state index is 13.7. The Labute approximate surface area is 182 Å². The van der Waals surface area contributed by atoms with Gasteiger partial charge in [0.25, 0.3) is 10.0 Å². The first-order chi connectivity index (χ1) is 14.8. The zero-order valence-electron chi connectivity index (χ0n) is 17.8. The van der Waals surface area contributed by atoms with E-state index < -0.39 is 16.0 Å². The first-order valence-corrected chi connectivity index (χ1v) is 11.0. The number of aromatic nitrogens is 1. The fraction of sp³-hybridized carbons (Fsp3) is 0.217. The third-order valence-electron chi connectivity index (χ3n) is 4.80. The van der Waals surface area contributed by atoms with E-state index in [1.807, 2.05) is 13.0 Å². The average Bonchev–Trinajstić information content (AvgIpc) is 2.77. The molecule has 0 unspecified atom stereocenters. The van der Waals surface area contributed by atoms with E-state index in [-0.39, 0.29) is 22.7 Å². The van der Waals surface area contributed by atoms with Crippen molar-refractivity contribution >= 4 is 21.7 Å². The Hall–Kier alpha value is -3.39. The lowest BCUT2D eigenvalue weighted by Crippen LogP contribution is -2.33. The molecule has 0 bridgehead atoms. The molecule has 0 aliphatic heterocycles. The molecule has 0 amide bonds. The lowest BCUT2D eigenvalue weighted by atomic mass is 10.0. The molecular weight excluding hydrogens is 416 g/mol. The van der Waals surface area contributed by atoms with Crippen LogP contribution in [0.2, 0.25) is 0 Å². The Kier molecular flexibility index (Phi) is 6.60. The van der Waals surface area contributed by atoms with Gasteiger partial charge in [-0.15, -0.1) is 0 Å². The van der Waals surface area contributed by atoms with E-state index in [0.717, 1.165) is 5.56 Å². The lowest BCUT2D eigenvalue weighted by Gasteiger charge is -2.28. The van der Waals surface area contributed by atoms with Crippen molar-refractivity contribution in [3.8, 4) is 5.75 Å². The van der Waals surface area contributed by atoms with Crippen LogP contribution in [0.15, 0.2) is 65.8 Å². The number of pyridine rings is 1. The number of ether oxygens (including phenoxy) is 2. The minimum absolute atomic E-state index is 0.00387. The number of aryl methyl sites for hydroxylation is 2. The summed E-state index contributed by atoms with van der Waals surface area (Å²) in [5, 5.41) is 0. The molecule has 162 valence electrons. The van der Waals surface area contributed by atoms with Gasteiger partial charge in [-0.1, -0.05) is 12.1 Å². The minimum atomic E-state index is -4.03. The summed E-state index contributed by atoms with van der Waals surface area (Å²) < 4.78 is 38.8. The summed E-state index contributed by atoms with van der Waals surface area (Å²) in [6.45, 7) is 3.61. The van der Waals surface area contributed by atoms with Gasteiger partial charge in [-0.3, -0.25) is 9.29 Å². The fourth-order valence-corrected chi connectivity index (χ4v) is 4.91. The summed E-state index contributed by atoms with van der Waals surface area (Å²) in [4.78, 5) is 16.7. The van der Waals surface area contributed by atoms with Gasteiger partial charge in [-0.25, -0.2) is 13.2 Å². The zero-order valence-corrected chi connectivity index (χ0v) is 18.6. The summed E-state index contributed by atoms with van der Waals surface area (Å²) in [5.41, 5.74) is 2.60. The van der Waals surface area contributed by atoms with Gasteiger partial charge in [-0.2, -0.15) is 0 Å². The van der Waals surface area contributed by atoms with E-state index in [4.69, 9.17) is 9.47 Å². The quantitative estimate of drug-likeness (QED) is 0.518. The number of anilines is 1. The van der Waals surface area contributed by atoms with Crippen LogP contribution >= 0.6 is 0 Å². The minimum Gasteiger partial charge on any atom is -0.497 e. The van der Waals surface area contributed by atoms with Crippen molar-refractivity contribution in [1.82, 2.24) is 4.98 Å². The van der Waals surface area contributed by atoms with E-state index in [1.165, 1.54) is 30.7 Å². The van der Waals surface area contributed by atoms with Crippen molar-refractivity contribution in [2.24, 2.45) is 0 Å². The van der Waals surface area contributed by atoms with Gasteiger partial charge in [0.1, 0.15) is 5.75 Å². The van der Waals surface area contributed by atoms with E-state index in [1.54, 1.807) is 49.6 Å². The monoisotopic (exact) mass is 440 g/mol. The first kappa shape index (κ1) is 22.3. The molecule has 0 atom stereocenters. The van der Waals surface area contributed by atoms with Crippen LogP contribution in [0, 0.1) is 13.8 Å². The van der Waals surface area contributed by atoms with Crippen molar-refractivity contribution in [3.05, 3.63) is 83.2 Å². The number of sulfonamides is 1. The Morgan fingerprint density at radius 3 is 2.35 bits per heavy atom. The second kappa shape index (κ2) is 9.18. The highest BCUT2D eigenvalue weighted by atomic mass is 32.2. The molecule has 3 aromatic rings. The van der Waals surface area contributed by atoms with Gasteiger partial charge in [0.05, 0.1) is 36.9 Å². The SMILES string of the molecule is COC(=O)c1cc(C)cc(C)c1N(Cc1cccnc1)S(=O)(=O)c1ccc(OC)cc1. The number of methoxy groups -OCH3 is 2. The first-order valence-electron chi connectivity index (χ1n) is 9.53. The molecule has 0 radical (unpaired) electrons. The Balaban J connectivity index is 2.24. The van der Waals surface area contributed by atoms with E-state index in [9.17, 15) is 13.2 Å². The molecule has 0 N–H and O–H groups in total. The molecule has 2 aromatic carbocycles. The molecule has 8 heteroatoms. The molecular formula is C23H24N2O5S. The molecule has 7 nitrogen and oxygen atoms in total. The molecule has 0 saturated carbocycles. The molecule has 3 rings (SSSR count). The van der Waals surface area contributed by atoms with Crippen LogP contribution in [0.3, 0.4) is 0 Å². The second-order valence-electron chi connectivity index (χ2n) is 7.02. The number of benzene rings is 2. The van der Waals surface area contributed by atoms with Gasteiger partial charge < -0.3 is 9.47 Å². The summed E-state index contributed by atoms with van der Waals surface area (Å²) in [5.74, 6) is -0.0672. The van der Waals surface area contributed by atoms with Crippen LogP contribution in [0.1, 0.15) is 27.0 Å². The number of carbonyl (C=O) groups is 1. The summed E-state index contributed by atoms with van der Waals surface area (Å²) in [6.07, 6.45) is 3.21. The normalized spacial score (nSPS) is 11.1.